The largest absolute Gasteiger partial charge is 0.490 e. The lowest BCUT2D eigenvalue weighted by Crippen LogP contribution is -2.11. The fourth-order valence-corrected chi connectivity index (χ4v) is 3.81. The van der Waals surface area contributed by atoms with Crippen molar-refractivity contribution in [1.29, 1.82) is 0 Å². The van der Waals surface area contributed by atoms with Crippen LogP contribution in [0.25, 0.3) is 16.5 Å². The van der Waals surface area contributed by atoms with Gasteiger partial charge in [0.15, 0.2) is 5.82 Å². The van der Waals surface area contributed by atoms with E-state index in [4.69, 9.17) is 4.74 Å². The Morgan fingerprint density at radius 1 is 1.19 bits per heavy atom. The van der Waals surface area contributed by atoms with Crippen LogP contribution in [0.2, 0.25) is 0 Å². The minimum atomic E-state index is -1.03. The van der Waals surface area contributed by atoms with Crippen molar-refractivity contribution in [2.75, 3.05) is 5.32 Å². The Hall–Kier alpha value is -4.00. The summed E-state index contributed by atoms with van der Waals surface area (Å²) in [6, 6.07) is 12.4. The number of aromatic carboxylic acids is 1. The lowest BCUT2D eigenvalue weighted by Gasteiger charge is -2.16. The summed E-state index contributed by atoms with van der Waals surface area (Å²) >= 11 is 0. The smallest absolute Gasteiger partial charge is 0.337 e. The molecule has 7 nitrogen and oxygen atoms in total. The van der Waals surface area contributed by atoms with Crippen molar-refractivity contribution in [3.8, 4) is 5.75 Å². The summed E-state index contributed by atoms with van der Waals surface area (Å²) in [6.45, 7) is 7.30. The molecule has 0 spiro atoms. The molecule has 2 aromatic carbocycles. The van der Waals surface area contributed by atoms with Crippen LogP contribution in [-0.4, -0.2) is 33.9 Å². The van der Waals surface area contributed by atoms with Crippen molar-refractivity contribution in [2.24, 2.45) is 4.99 Å². The van der Waals surface area contributed by atoms with Crippen molar-refractivity contribution in [3.05, 3.63) is 72.7 Å². The molecular formula is C25H24N4O3. The topological polar surface area (TPSA) is 96.7 Å². The lowest BCUT2D eigenvalue weighted by atomic mass is 10.1. The molecule has 1 heterocycles. The molecule has 0 unspecified atom stereocenters. The van der Waals surface area contributed by atoms with Gasteiger partial charge in [-0.1, -0.05) is 24.8 Å². The Bertz CT molecular complexity index is 1210. The molecule has 7 heteroatoms. The first-order chi connectivity index (χ1) is 15.6. The fraction of sp³-hybridized carbons (Fsp3) is 0.200. The Morgan fingerprint density at radius 2 is 1.97 bits per heavy atom. The zero-order valence-corrected chi connectivity index (χ0v) is 17.6. The van der Waals surface area contributed by atoms with Gasteiger partial charge in [0.2, 0.25) is 0 Å². The maximum absolute atomic E-state index is 11.7. The quantitative estimate of drug-likeness (QED) is 0.357. The second-order valence-corrected chi connectivity index (χ2v) is 7.55. The van der Waals surface area contributed by atoms with Gasteiger partial charge in [0, 0.05) is 17.2 Å². The number of para-hydroxylation sites is 1. The SMILES string of the molecule is C=C/C(=C\N=C)c1nc(Nc2ccccc2C(=O)O)c2cc(OC3CCCC3)ccc2n1. The van der Waals surface area contributed by atoms with E-state index in [0.717, 1.165) is 24.0 Å². The summed E-state index contributed by atoms with van der Waals surface area (Å²) in [6.07, 6.45) is 7.79. The third-order valence-corrected chi connectivity index (χ3v) is 5.39. The minimum absolute atomic E-state index is 0.145. The number of aliphatic imine (C=N–C) groups is 1. The number of fused-ring (bicyclic) bond motifs is 1. The van der Waals surface area contributed by atoms with Gasteiger partial charge >= 0.3 is 5.97 Å². The molecule has 1 aliphatic carbocycles. The van der Waals surface area contributed by atoms with Crippen molar-refractivity contribution < 1.29 is 14.6 Å². The minimum Gasteiger partial charge on any atom is -0.490 e. The number of aromatic nitrogens is 2. The summed E-state index contributed by atoms with van der Waals surface area (Å²) in [5.41, 5.74) is 1.86. The Balaban J connectivity index is 1.83. The number of anilines is 2. The molecule has 0 saturated heterocycles. The number of carboxylic acid groups (broad SMARTS) is 1. The van der Waals surface area contributed by atoms with Crippen molar-refractivity contribution in [3.63, 3.8) is 0 Å². The zero-order valence-electron chi connectivity index (χ0n) is 17.6. The highest BCUT2D eigenvalue weighted by Gasteiger charge is 2.18. The Morgan fingerprint density at radius 3 is 2.69 bits per heavy atom. The molecule has 4 rings (SSSR count). The van der Waals surface area contributed by atoms with Crippen LogP contribution in [0.3, 0.4) is 0 Å². The molecular weight excluding hydrogens is 404 g/mol. The number of allylic oxidation sites excluding steroid dienone is 2. The van der Waals surface area contributed by atoms with Gasteiger partial charge in [-0.3, -0.25) is 4.99 Å². The van der Waals surface area contributed by atoms with E-state index in [1.54, 1.807) is 30.3 Å². The van der Waals surface area contributed by atoms with Gasteiger partial charge in [-0.05, 0) is 62.7 Å². The molecule has 0 aliphatic heterocycles. The van der Waals surface area contributed by atoms with Crippen LogP contribution >= 0.6 is 0 Å². The average Bonchev–Trinajstić information content (AvgIpc) is 3.31. The van der Waals surface area contributed by atoms with Gasteiger partial charge in [0.25, 0.3) is 0 Å². The molecule has 1 aromatic heterocycles. The molecule has 0 atom stereocenters. The standard InChI is InChI=1S/C25H24N4O3/c1-3-16(15-26-2)23-27-22-13-12-18(32-17-8-4-5-9-17)14-20(22)24(29-23)28-21-11-7-6-10-19(21)25(30)31/h3,6-7,10-15,17H,1-2,4-5,8-9H2,(H,30,31)(H,27,28,29)/b16-15+. The third-order valence-electron chi connectivity index (χ3n) is 5.39. The summed E-state index contributed by atoms with van der Waals surface area (Å²) in [7, 11) is 0. The van der Waals surface area contributed by atoms with Crippen LogP contribution in [0.4, 0.5) is 11.5 Å². The van der Waals surface area contributed by atoms with E-state index in [1.807, 2.05) is 18.2 Å². The van der Waals surface area contributed by atoms with E-state index in [-0.39, 0.29) is 11.7 Å². The number of nitrogens with one attached hydrogen (secondary N) is 1. The summed E-state index contributed by atoms with van der Waals surface area (Å²) < 4.78 is 6.16. The van der Waals surface area contributed by atoms with Crippen molar-refractivity contribution in [2.45, 2.75) is 31.8 Å². The van der Waals surface area contributed by atoms with Gasteiger partial charge in [-0.15, -0.1) is 0 Å². The number of benzene rings is 2. The van der Waals surface area contributed by atoms with Crippen molar-refractivity contribution >= 4 is 40.7 Å². The number of carbonyl (C=O) groups is 1. The number of hydrogen-bond donors (Lipinski definition) is 2. The third kappa shape index (κ3) is 4.51. The summed E-state index contributed by atoms with van der Waals surface area (Å²) in [4.78, 5) is 24.8. The molecule has 3 aromatic rings. The number of rotatable bonds is 8. The number of hydrogen-bond acceptors (Lipinski definition) is 6. The molecule has 1 fully saturated rings. The zero-order chi connectivity index (χ0) is 22.5. The summed E-state index contributed by atoms with van der Waals surface area (Å²) in [5, 5.41) is 13.5. The van der Waals surface area contributed by atoms with Crippen molar-refractivity contribution in [1.82, 2.24) is 9.97 Å². The second kappa shape index (κ2) is 9.43. The molecule has 2 N–H and O–H groups in total. The predicted octanol–water partition coefficient (Wildman–Crippen LogP) is 5.62. The first kappa shape index (κ1) is 21.2. The van der Waals surface area contributed by atoms with Gasteiger partial charge in [0.1, 0.15) is 11.6 Å². The monoisotopic (exact) mass is 428 g/mol. The Labute approximate surface area is 186 Å². The average molecular weight is 428 g/mol. The van der Waals surface area contributed by atoms with Crippen LogP contribution in [-0.2, 0) is 0 Å². The van der Waals surface area contributed by atoms with E-state index < -0.39 is 5.97 Å². The van der Waals surface area contributed by atoms with E-state index in [9.17, 15) is 9.90 Å². The predicted molar refractivity (Wildman–Crippen MR) is 127 cm³/mol. The van der Waals surface area contributed by atoms with E-state index in [0.29, 0.717) is 28.4 Å². The Kier molecular flexibility index (Phi) is 6.26. The molecule has 0 bridgehead atoms. The maximum atomic E-state index is 11.7. The molecule has 162 valence electrons. The fourth-order valence-electron chi connectivity index (χ4n) is 3.81. The maximum Gasteiger partial charge on any atom is 0.337 e. The lowest BCUT2D eigenvalue weighted by molar-refractivity contribution is 0.0698. The molecule has 1 aliphatic rings. The van der Waals surface area contributed by atoms with Gasteiger partial charge in [-0.25, -0.2) is 14.8 Å². The number of nitrogens with zero attached hydrogens (tertiary/aromatic N) is 3. The number of carboxylic acids is 1. The van der Waals surface area contributed by atoms with Crippen LogP contribution < -0.4 is 10.1 Å². The molecule has 32 heavy (non-hydrogen) atoms. The van der Waals surface area contributed by atoms with E-state index >= 15 is 0 Å². The summed E-state index contributed by atoms with van der Waals surface area (Å²) in [5.74, 6) is 0.578. The molecule has 0 radical (unpaired) electrons. The van der Waals surface area contributed by atoms with Gasteiger partial charge in [0.05, 0.1) is 22.9 Å². The van der Waals surface area contributed by atoms with Crippen LogP contribution in [0.1, 0.15) is 41.9 Å². The molecule has 0 amide bonds. The second-order valence-electron chi connectivity index (χ2n) is 7.55. The van der Waals surface area contributed by atoms with E-state index in [2.05, 4.69) is 33.6 Å². The number of ether oxygens (including phenoxy) is 1. The van der Waals surface area contributed by atoms with Crippen LogP contribution in [0.5, 0.6) is 5.75 Å². The van der Waals surface area contributed by atoms with Gasteiger partial charge < -0.3 is 15.2 Å². The highest BCUT2D eigenvalue weighted by atomic mass is 16.5. The van der Waals surface area contributed by atoms with Gasteiger partial charge in [-0.2, -0.15) is 0 Å². The van der Waals surface area contributed by atoms with Crippen LogP contribution in [0, 0.1) is 0 Å². The van der Waals surface area contributed by atoms with Crippen LogP contribution in [0.15, 0.2) is 66.3 Å². The first-order valence-corrected chi connectivity index (χ1v) is 10.5. The molecule has 1 saturated carbocycles. The first-order valence-electron chi connectivity index (χ1n) is 10.5. The highest BCUT2D eigenvalue weighted by molar-refractivity contribution is 5.98. The highest BCUT2D eigenvalue weighted by Crippen LogP contribution is 2.32. The van der Waals surface area contributed by atoms with E-state index in [1.165, 1.54) is 19.0 Å². The normalized spacial score (nSPS) is 14.3.